The Hall–Kier alpha value is -2.74. The molecule has 1 saturated heterocycles. The van der Waals surface area contributed by atoms with Gasteiger partial charge in [0.15, 0.2) is 23.1 Å². The Morgan fingerprint density at radius 3 is 2.63 bits per heavy atom. The summed E-state index contributed by atoms with van der Waals surface area (Å²) in [5.74, 6) is 2.70. The van der Waals surface area contributed by atoms with Crippen LogP contribution in [0.1, 0.15) is 18.4 Å². The summed E-state index contributed by atoms with van der Waals surface area (Å²) in [5, 5.41) is 6.54. The first-order valence-electron chi connectivity index (χ1n) is 9.12. The number of aromatic nitrogens is 2. The molecule has 0 radical (unpaired) electrons. The van der Waals surface area contributed by atoms with Gasteiger partial charge in [-0.2, -0.15) is 0 Å². The molecule has 8 nitrogen and oxygen atoms in total. The topological polar surface area (TPSA) is 104 Å². The van der Waals surface area contributed by atoms with Gasteiger partial charge < -0.3 is 30.6 Å². The number of nitrogens with one attached hydrogen (secondary N) is 2. The Morgan fingerprint density at radius 2 is 1.93 bits per heavy atom. The van der Waals surface area contributed by atoms with E-state index in [9.17, 15) is 0 Å². The fourth-order valence-electron chi connectivity index (χ4n) is 3.05. The average molecular weight is 373 g/mol. The molecular formula is C19H27N5O3. The SMILES string of the molecule is COc1ccc(CCNc2ncnc(NCC3CCCO3)c2N)cc1OC. The lowest BCUT2D eigenvalue weighted by Gasteiger charge is -2.15. The second kappa shape index (κ2) is 9.27. The lowest BCUT2D eigenvalue weighted by atomic mass is 10.1. The Balaban J connectivity index is 1.55. The summed E-state index contributed by atoms with van der Waals surface area (Å²) in [6.45, 7) is 2.21. The van der Waals surface area contributed by atoms with Crippen LogP contribution in [0.3, 0.4) is 0 Å². The molecule has 8 heteroatoms. The number of nitrogens with two attached hydrogens (primary N) is 1. The molecule has 1 unspecified atom stereocenters. The van der Waals surface area contributed by atoms with E-state index in [0.717, 1.165) is 42.9 Å². The maximum atomic E-state index is 6.20. The van der Waals surface area contributed by atoms with Crippen molar-refractivity contribution in [3.63, 3.8) is 0 Å². The van der Waals surface area contributed by atoms with Gasteiger partial charge in [-0.15, -0.1) is 0 Å². The maximum absolute atomic E-state index is 6.20. The van der Waals surface area contributed by atoms with Crippen LogP contribution in [0.5, 0.6) is 11.5 Å². The highest BCUT2D eigenvalue weighted by Gasteiger charge is 2.16. The van der Waals surface area contributed by atoms with Gasteiger partial charge in [0.1, 0.15) is 12.0 Å². The van der Waals surface area contributed by atoms with E-state index in [1.54, 1.807) is 14.2 Å². The zero-order valence-corrected chi connectivity index (χ0v) is 15.8. The predicted octanol–water partition coefficient (Wildman–Crippen LogP) is 2.32. The van der Waals surface area contributed by atoms with Crippen LogP contribution in [0.25, 0.3) is 0 Å². The van der Waals surface area contributed by atoms with Crippen molar-refractivity contribution in [1.82, 2.24) is 9.97 Å². The fraction of sp³-hybridized carbons (Fsp3) is 0.474. The van der Waals surface area contributed by atoms with E-state index in [-0.39, 0.29) is 6.10 Å². The maximum Gasteiger partial charge on any atom is 0.160 e. The molecule has 0 aliphatic carbocycles. The standard InChI is InChI=1S/C19H27N5O3/c1-25-15-6-5-13(10-16(15)26-2)7-8-21-18-17(20)19(24-12-23-18)22-11-14-4-3-9-27-14/h5-6,10,12,14H,3-4,7-9,11,20H2,1-2H3,(H2,21,22,23,24). The highest BCUT2D eigenvalue weighted by molar-refractivity contribution is 5.74. The number of methoxy groups -OCH3 is 2. The van der Waals surface area contributed by atoms with Crippen LogP contribution in [0.15, 0.2) is 24.5 Å². The first kappa shape index (κ1) is 19.0. The Labute approximate surface area is 159 Å². The number of anilines is 3. The Morgan fingerprint density at radius 1 is 1.15 bits per heavy atom. The third-order valence-electron chi connectivity index (χ3n) is 4.56. The molecule has 1 aromatic carbocycles. The minimum atomic E-state index is 0.223. The molecular weight excluding hydrogens is 346 g/mol. The van der Waals surface area contributed by atoms with E-state index < -0.39 is 0 Å². The smallest absolute Gasteiger partial charge is 0.160 e. The van der Waals surface area contributed by atoms with Crippen molar-refractivity contribution >= 4 is 17.3 Å². The summed E-state index contributed by atoms with van der Waals surface area (Å²) < 4.78 is 16.2. The highest BCUT2D eigenvalue weighted by Crippen LogP contribution is 2.28. The zero-order valence-electron chi connectivity index (χ0n) is 15.8. The van der Waals surface area contributed by atoms with E-state index in [0.29, 0.717) is 30.4 Å². The first-order valence-corrected chi connectivity index (χ1v) is 9.12. The molecule has 1 aliphatic heterocycles. The average Bonchev–Trinajstić information content (AvgIpc) is 3.22. The molecule has 1 aromatic heterocycles. The Bertz CT molecular complexity index is 750. The largest absolute Gasteiger partial charge is 0.493 e. The molecule has 3 rings (SSSR count). The van der Waals surface area contributed by atoms with Crippen molar-refractivity contribution in [2.45, 2.75) is 25.4 Å². The van der Waals surface area contributed by atoms with Crippen LogP contribution in [0.4, 0.5) is 17.3 Å². The van der Waals surface area contributed by atoms with Crippen molar-refractivity contribution in [1.29, 1.82) is 0 Å². The molecule has 0 saturated carbocycles. The number of benzene rings is 1. The lowest BCUT2D eigenvalue weighted by molar-refractivity contribution is 0.120. The van der Waals surface area contributed by atoms with Crippen LogP contribution in [-0.4, -0.2) is 50.0 Å². The van der Waals surface area contributed by atoms with Crippen molar-refractivity contribution in [2.24, 2.45) is 0 Å². The van der Waals surface area contributed by atoms with Gasteiger partial charge in [-0.3, -0.25) is 0 Å². The van der Waals surface area contributed by atoms with Gasteiger partial charge in [0, 0.05) is 19.7 Å². The summed E-state index contributed by atoms with van der Waals surface area (Å²) in [4.78, 5) is 8.48. The number of nitrogen functional groups attached to an aromatic ring is 1. The van der Waals surface area contributed by atoms with E-state index in [1.807, 2.05) is 18.2 Å². The molecule has 0 amide bonds. The summed E-state index contributed by atoms with van der Waals surface area (Å²) in [6.07, 6.45) is 4.69. The third-order valence-corrected chi connectivity index (χ3v) is 4.56. The first-order chi connectivity index (χ1) is 13.2. The monoisotopic (exact) mass is 373 g/mol. The van der Waals surface area contributed by atoms with Crippen LogP contribution in [0.2, 0.25) is 0 Å². The number of rotatable bonds is 9. The summed E-state index contributed by atoms with van der Waals surface area (Å²) in [5.41, 5.74) is 7.85. The van der Waals surface area contributed by atoms with E-state index in [4.69, 9.17) is 19.9 Å². The molecule has 2 heterocycles. The number of ether oxygens (including phenoxy) is 3. The van der Waals surface area contributed by atoms with Crippen LogP contribution in [0, 0.1) is 0 Å². The molecule has 1 aliphatic rings. The predicted molar refractivity (Wildman–Crippen MR) is 106 cm³/mol. The number of nitrogens with zero attached hydrogens (tertiary/aromatic N) is 2. The summed E-state index contributed by atoms with van der Waals surface area (Å²) in [6, 6.07) is 5.89. The molecule has 0 spiro atoms. The second-order valence-corrected chi connectivity index (χ2v) is 6.37. The van der Waals surface area contributed by atoms with Gasteiger partial charge in [-0.05, 0) is 37.0 Å². The normalized spacial score (nSPS) is 16.1. The Kier molecular flexibility index (Phi) is 6.54. The van der Waals surface area contributed by atoms with Gasteiger partial charge >= 0.3 is 0 Å². The van der Waals surface area contributed by atoms with Crippen molar-refractivity contribution in [3.05, 3.63) is 30.1 Å². The van der Waals surface area contributed by atoms with Gasteiger partial charge in [-0.1, -0.05) is 6.07 Å². The molecule has 2 aromatic rings. The second-order valence-electron chi connectivity index (χ2n) is 6.37. The van der Waals surface area contributed by atoms with E-state index in [2.05, 4.69) is 20.6 Å². The minimum Gasteiger partial charge on any atom is -0.493 e. The molecule has 0 bridgehead atoms. The van der Waals surface area contributed by atoms with Crippen molar-refractivity contribution in [2.75, 3.05) is 50.3 Å². The zero-order chi connectivity index (χ0) is 19.1. The van der Waals surface area contributed by atoms with Crippen LogP contribution < -0.4 is 25.8 Å². The van der Waals surface area contributed by atoms with Crippen LogP contribution in [-0.2, 0) is 11.2 Å². The lowest BCUT2D eigenvalue weighted by Crippen LogP contribution is -2.20. The van der Waals surface area contributed by atoms with Crippen molar-refractivity contribution < 1.29 is 14.2 Å². The minimum absolute atomic E-state index is 0.223. The van der Waals surface area contributed by atoms with Gasteiger partial charge in [-0.25, -0.2) is 9.97 Å². The van der Waals surface area contributed by atoms with E-state index in [1.165, 1.54) is 6.33 Å². The van der Waals surface area contributed by atoms with Crippen LogP contribution >= 0.6 is 0 Å². The quantitative estimate of drug-likeness (QED) is 0.615. The molecule has 1 atom stereocenters. The third kappa shape index (κ3) is 4.91. The molecule has 4 N–H and O–H groups in total. The number of hydrogen-bond donors (Lipinski definition) is 3. The fourth-order valence-corrected chi connectivity index (χ4v) is 3.05. The highest BCUT2D eigenvalue weighted by atomic mass is 16.5. The molecule has 1 fully saturated rings. The summed E-state index contributed by atoms with van der Waals surface area (Å²) >= 11 is 0. The van der Waals surface area contributed by atoms with Gasteiger partial charge in [0.2, 0.25) is 0 Å². The number of hydrogen-bond acceptors (Lipinski definition) is 8. The van der Waals surface area contributed by atoms with E-state index >= 15 is 0 Å². The van der Waals surface area contributed by atoms with Gasteiger partial charge in [0.25, 0.3) is 0 Å². The summed E-state index contributed by atoms with van der Waals surface area (Å²) in [7, 11) is 3.26. The van der Waals surface area contributed by atoms with Crippen molar-refractivity contribution in [3.8, 4) is 11.5 Å². The van der Waals surface area contributed by atoms with Gasteiger partial charge in [0.05, 0.1) is 20.3 Å². The molecule has 146 valence electrons. The molecule has 27 heavy (non-hydrogen) atoms.